The zero-order valence-electron chi connectivity index (χ0n) is 7.62. The molecule has 66 valence electrons. The molecule has 0 atom stereocenters. The second-order valence-electron chi connectivity index (χ2n) is 3.26. The Hall–Kier alpha value is -1.50. The van der Waals surface area contributed by atoms with Gasteiger partial charge in [-0.05, 0) is 42.2 Å². The van der Waals surface area contributed by atoms with Crippen LogP contribution >= 0.6 is 0 Å². The summed E-state index contributed by atoms with van der Waals surface area (Å²) in [4.78, 5) is 0. The van der Waals surface area contributed by atoms with Crippen LogP contribution in [0, 0.1) is 0 Å². The van der Waals surface area contributed by atoms with Crippen molar-refractivity contribution in [3.05, 3.63) is 47.1 Å². The minimum atomic E-state index is 0.340. The van der Waals surface area contributed by atoms with Crippen molar-refractivity contribution in [1.29, 1.82) is 0 Å². The van der Waals surface area contributed by atoms with Crippen molar-refractivity contribution in [2.24, 2.45) is 0 Å². The van der Waals surface area contributed by atoms with Crippen LogP contribution in [0.25, 0.3) is 6.08 Å². The maximum Gasteiger partial charge on any atom is 0.116 e. The molecule has 0 saturated carbocycles. The third-order valence-corrected chi connectivity index (χ3v) is 2.37. The van der Waals surface area contributed by atoms with Crippen LogP contribution in [0.1, 0.15) is 18.1 Å². The van der Waals surface area contributed by atoms with Crippen LogP contribution in [0.3, 0.4) is 0 Å². The first-order chi connectivity index (χ1) is 6.29. The lowest BCUT2D eigenvalue weighted by atomic mass is 9.94. The molecule has 1 aliphatic rings. The molecule has 1 nitrogen and oxygen atoms in total. The molecule has 1 aliphatic carbocycles. The standard InChI is InChI=1S/C12H12O/c1-2-9-3-4-11-8-12(13)6-5-10(11)7-9/h2-6,8,13H,7H2,1H3. The number of phenolic OH excluding ortho intramolecular Hbond substituents is 1. The van der Waals surface area contributed by atoms with Gasteiger partial charge in [-0.1, -0.05) is 24.3 Å². The quantitative estimate of drug-likeness (QED) is 0.638. The van der Waals surface area contributed by atoms with Crippen molar-refractivity contribution in [2.45, 2.75) is 13.3 Å². The number of benzene rings is 1. The van der Waals surface area contributed by atoms with Crippen molar-refractivity contribution in [3.63, 3.8) is 0 Å². The fraction of sp³-hybridized carbons (Fsp3) is 0.167. The van der Waals surface area contributed by atoms with Crippen LogP contribution in [0.2, 0.25) is 0 Å². The highest BCUT2D eigenvalue weighted by Crippen LogP contribution is 2.25. The Morgan fingerprint density at radius 3 is 2.92 bits per heavy atom. The topological polar surface area (TPSA) is 20.2 Å². The van der Waals surface area contributed by atoms with Gasteiger partial charge in [0.2, 0.25) is 0 Å². The minimum absolute atomic E-state index is 0.340. The van der Waals surface area contributed by atoms with E-state index in [0.717, 1.165) is 12.0 Å². The summed E-state index contributed by atoms with van der Waals surface area (Å²) in [6, 6.07) is 5.53. The minimum Gasteiger partial charge on any atom is -0.508 e. The number of rotatable bonds is 0. The molecule has 0 radical (unpaired) electrons. The summed E-state index contributed by atoms with van der Waals surface area (Å²) in [5.74, 6) is 0.340. The summed E-state index contributed by atoms with van der Waals surface area (Å²) in [6.45, 7) is 2.05. The molecule has 0 unspecified atom stereocenters. The molecule has 0 spiro atoms. The number of aromatic hydroxyl groups is 1. The van der Waals surface area contributed by atoms with E-state index in [9.17, 15) is 5.11 Å². The second kappa shape index (κ2) is 3.09. The SMILES string of the molecule is CC=C1C=Cc2cc(O)ccc2C1. The summed E-state index contributed by atoms with van der Waals surface area (Å²) in [5, 5.41) is 9.26. The second-order valence-corrected chi connectivity index (χ2v) is 3.26. The molecule has 13 heavy (non-hydrogen) atoms. The molecule has 0 heterocycles. The summed E-state index contributed by atoms with van der Waals surface area (Å²) in [7, 11) is 0. The Labute approximate surface area is 78.0 Å². The van der Waals surface area contributed by atoms with Crippen LogP contribution in [0.5, 0.6) is 5.75 Å². The van der Waals surface area contributed by atoms with Crippen molar-refractivity contribution < 1.29 is 5.11 Å². The van der Waals surface area contributed by atoms with E-state index < -0.39 is 0 Å². The number of hydrogen-bond acceptors (Lipinski definition) is 1. The van der Waals surface area contributed by atoms with Gasteiger partial charge >= 0.3 is 0 Å². The van der Waals surface area contributed by atoms with Crippen molar-refractivity contribution >= 4 is 6.08 Å². The van der Waals surface area contributed by atoms with Gasteiger partial charge < -0.3 is 5.11 Å². The molecular weight excluding hydrogens is 160 g/mol. The monoisotopic (exact) mass is 172 g/mol. The molecule has 0 saturated heterocycles. The molecule has 0 aliphatic heterocycles. The zero-order chi connectivity index (χ0) is 9.26. The van der Waals surface area contributed by atoms with Gasteiger partial charge in [0.25, 0.3) is 0 Å². The van der Waals surface area contributed by atoms with E-state index in [-0.39, 0.29) is 0 Å². The fourth-order valence-corrected chi connectivity index (χ4v) is 1.57. The molecule has 1 N–H and O–H groups in total. The van der Waals surface area contributed by atoms with E-state index >= 15 is 0 Å². The lowest BCUT2D eigenvalue weighted by Crippen LogP contribution is -1.96. The molecule has 1 aromatic carbocycles. The third-order valence-electron chi connectivity index (χ3n) is 2.37. The van der Waals surface area contributed by atoms with Gasteiger partial charge in [0.1, 0.15) is 5.75 Å². The van der Waals surface area contributed by atoms with Crippen molar-refractivity contribution in [3.8, 4) is 5.75 Å². The van der Waals surface area contributed by atoms with E-state index in [2.05, 4.69) is 12.2 Å². The van der Waals surface area contributed by atoms with Gasteiger partial charge in [-0.2, -0.15) is 0 Å². The molecule has 0 fully saturated rings. The van der Waals surface area contributed by atoms with Crippen LogP contribution < -0.4 is 0 Å². The highest BCUT2D eigenvalue weighted by molar-refractivity contribution is 5.63. The van der Waals surface area contributed by atoms with Crippen LogP contribution in [-0.2, 0) is 6.42 Å². The summed E-state index contributed by atoms with van der Waals surface area (Å²) >= 11 is 0. The first-order valence-electron chi connectivity index (χ1n) is 4.45. The van der Waals surface area contributed by atoms with Gasteiger partial charge in [-0.15, -0.1) is 0 Å². The lowest BCUT2D eigenvalue weighted by Gasteiger charge is -2.12. The average molecular weight is 172 g/mol. The smallest absolute Gasteiger partial charge is 0.116 e. The normalized spacial score (nSPS) is 17.5. The van der Waals surface area contributed by atoms with Crippen LogP contribution in [0.4, 0.5) is 0 Å². The van der Waals surface area contributed by atoms with Crippen molar-refractivity contribution in [1.82, 2.24) is 0 Å². The Morgan fingerprint density at radius 1 is 1.31 bits per heavy atom. The largest absolute Gasteiger partial charge is 0.508 e. The average Bonchev–Trinajstić information content (AvgIpc) is 2.17. The van der Waals surface area contributed by atoms with Gasteiger partial charge in [-0.3, -0.25) is 0 Å². The van der Waals surface area contributed by atoms with E-state index in [0.29, 0.717) is 5.75 Å². The van der Waals surface area contributed by atoms with Gasteiger partial charge in [-0.25, -0.2) is 0 Å². The first-order valence-corrected chi connectivity index (χ1v) is 4.45. The van der Waals surface area contributed by atoms with Gasteiger partial charge in [0.05, 0.1) is 0 Å². The Morgan fingerprint density at radius 2 is 2.15 bits per heavy atom. The maximum absolute atomic E-state index is 9.26. The molecule has 0 aromatic heterocycles. The highest BCUT2D eigenvalue weighted by Gasteiger charge is 2.06. The fourth-order valence-electron chi connectivity index (χ4n) is 1.57. The van der Waals surface area contributed by atoms with Gasteiger partial charge in [0, 0.05) is 0 Å². The van der Waals surface area contributed by atoms with Crippen LogP contribution in [0.15, 0.2) is 35.9 Å². The lowest BCUT2D eigenvalue weighted by molar-refractivity contribution is 0.475. The Bertz CT molecular complexity index is 386. The third kappa shape index (κ3) is 1.50. The van der Waals surface area contributed by atoms with E-state index in [1.54, 1.807) is 12.1 Å². The first kappa shape index (κ1) is 8.11. The molecule has 1 aromatic rings. The molecule has 0 bridgehead atoms. The summed E-state index contributed by atoms with van der Waals surface area (Å²) in [5.41, 5.74) is 3.75. The van der Waals surface area contributed by atoms with E-state index in [1.165, 1.54) is 11.1 Å². The van der Waals surface area contributed by atoms with E-state index in [1.807, 2.05) is 19.1 Å². The molecule has 1 heteroatoms. The number of fused-ring (bicyclic) bond motifs is 1. The molecule has 0 amide bonds. The summed E-state index contributed by atoms with van der Waals surface area (Å²) in [6.07, 6.45) is 7.24. The number of phenols is 1. The highest BCUT2D eigenvalue weighted by atomic mass is 16.3. The maximum atomic E-state index is 9.26. The predicted octanol–water partition coefficient (Wildman–Crippen LogP) is 2.91. The number of hydrogen-bond donors (Lipinski definition) is 1. The molecular formula is C12H12O. The Balaban J connectivity index is 2.47. The zero-order valence-corrected chi connectivity index (χ0v) is 7.62. The summed E-state index contributed by atoms with van der Waals surface area (Å²) < 4.78 is 0. The number of allylic oxidation sites excluding steroid dienone is 3. The van der Waals surface area contributed by atoms with Gasteiger partial charge in [0.15, 0.2) is 0 Å². The Kier molecular flexibility index (Phi) is 1.93. The molecule has 2 rings (SSSR count). The van der Waals surface area contributed by atoms with Crippen molar-refractivity contribution in [2.75, 3.05) is 0 Å². The predicted molar refractivity (Wildman–Crippen MR) is 54.6 cm³/mol. The van der Waals surface area contributed by atoms with E-state index in [4.69, 9.17) is 0 Å². The van der Waals surface area contributed by atoms with Crippen LogP contribution in [-0.4, -0.2) is 5.11 Å².